The topological polar surface area (TPSA) is 64.6 Å². The Morgan fingerprint density at radius 3 is 2.48 bits per heavy atom. The van der Waals surface area contributed by atoms with Crippen LogP contribution in [0.5, 0.6) is 11.5 Å². The number of nitrogens with one attached hydrogen (secondary N) is 1. The van der Waals surface area contributed by atoms with E-state index in [4.69, 9.17) is 21.1 Å². The van der Waals surface area contributed by atoms with Crippen molar-refractivity contribution in [3.63, 3.8) is 0 Å². The molecule has 0 saturated heterocycles. The zero-order chi connectivity index (χ0) is 17.9. The number of benzene rings is 2. The van der Waals surface area contributed by atoms with E-state index >= 15 is 0 Å². The highest BCUT2D eigenvalue weighted by molar-refractivity contribution is 7.92. The fourth-order valence-electron chi connectivity index (χ4n) is 2.43. The number of hydrogen-bond donors (Lipinski definition) is 1. The van der Waals surface area contributed by atoms with Crippen LogP contribution in [0.15, 0.2) is 47.9 Å². The van der Waals surface area contributed by atoms with Crippen molar-refractivity contribution in [1.82, 2.24) is 4.72 Å². The summed E-state index contributed by atoms with van der Waals surface area (Å²) in [7, 11) is -3.59. The van der Waals surface area contributed by atoms with E-state index < -0.39 is 16.1 Å². The lowest BCUT2D eigenvalue weighted by atomic mass is 10.1. The highest BCUT2D eigenvalue weighted by atomic mass is 35.5. The van der Waals surface area contributed by atoms with E-state index in [0.29, 0.717) is 29.7 Å². The Labute approximate surface area is 152 Å². The van der Waals surface area contributed by atoms with Gasteiger partial charge in [0.05, 0.1) is 0 Å². The van der Waals surface area contributed by atoms with Gasteiger partial charge in [0.1, 0.15) is 13.2 Å². The molecule has 0 aromatic heterocycles. The molecule has 132 valence electrons. The predicted octanol–water partition coefficient (Wildman–Crippen LogP) is 3.76. The third-order valence-corrected chi connectivity index (χ3v) is 5.15. The fraction of sp³-hybridized carbons (Fsp3) is 0.222. The summed E-state index contributed by atoms with van der Waals surface area (Å²) in [6.07, 6.45) is 1.52. The smallest absolute Gasteiger partial charge is 0.234 e. The molecule has 2 aromatic rings. The standard InChI is InChI=1S/C18H18ClNO4S/c1-13(15-4-7-17-18(12-15)24-10-9-23-17)20-25(21,22)11-8-14-2-5-16(19)6-3-14/h2-8,11-13,20H,9-10H2,1H3/b11-8+/t13-/m1/s1. The first-order chi connectivity index (χ1) is 11.9. The zero-order valence-corrected chi connectivity index (χ0v) is 15.2. The third-order valence-electron chi connectivity index (χ3n) is 3.72. The lowest BCUT2D eigenvalue weighted by Crippen LogP contribution is -2.25. The fourth-order valence-corrected chi connectivity index (χ4v) is 3.59. The van der Waals surface area contributed by atoms with Gasteiger partial charge in [-0.2, -0.15) is 0 Å². The van der Waals surface area contributed by atoms with Crippen LogP contribution in [-0.2, 0) is 10.0 Å². The molecule has 0 fully saturated rings. The summed E-state index contributed by atoms with van der Waals surface area (Å²) >= 11 is 5.82. The summed E-state index contributed by atoms with van der Waals surface area (Å²) in [5, 5.41) is 1.75. The van der Waals surface area contributed by atoms with Gasteiger partial charge in [0.25, 0.3) is 0 Å². The van der Waals surface area contributed by atoms with E-state index in [9.17, 15) is 8.42 Å². The Morgan fingerprint density at radius 2 is 1.76 bits per heavy atom. The molecule has 0 amide bonds. The Kier molecular flexibility index (Phi) is 5.32. The zero-order valence-electron chi connectivity index (χ0n) is 13.6. The van der Waals surface area contributed by atoms with Crippen molar-refractivity contribution in [1.29, 1.82) is 0 Å². The Balaban J connectivity index is 1.70. The predicted molar refractivity (Wildman–Crippen MR) is 98.4 cm³/mol. The third kappa shape index (κ3) is 4.75. The first kappa shape index (κ1) is 17.8. The molecule has 0 saturated carbocycles. The second kappa shape index (κ2) is 7.47. The number of ether oxygens (including phenoxy) is 2. The SMILES string of the molecule is C[C@@H](NS(=O)(=O)/C=C/c1ccc(Cl)cc1)c1ccc2c(c1)OCCO2. The van der Waals surface area contributed by atoms with Crippen molar-refractivity contribution in [3.05, 3.63) is 64.0 Å². The number of rotatable bonds is 5. The summed E-state index contributed by atoms with van der Waals surface area (Å²) in [6, 6.07) is 11.9. The molecule has 0 unspecified atom stereocenters. The van der Waals surface area contributed by atoms with Crippen molar-refractivity contribution < 1.29 is 17.9 Å². The Hall–Kier alpha value is -2.02. The van der Waals surface area contributed by atoms with E-state index in [1.165, 1.54) is 6.08 Å². The van der Waals surface area contributed by atoms with E-state index in [2.05, 4.69) is 4.72 Å². The maximum Gasteiger partial charge on any atom is 0.234 e. The quantitative estimate of drug-likeness (QED) is 0.859. The van der Waals surface area contributed by atoms with Crippen LogP contribution in [0, 0.1) is 0 Å². The second-order valence-electron chi connectivity index (χ2n) is 5.64. The van der Waals surface area contributed by atoms with Gasteiger partial charge in [0.15, 0.2) is 11.5 Å². The summed E-state index contributed by atoms with van der Waals surface area (Å²) in [5.74, 6) is 1.30. The van der Waals surface area contributed by atoms with Crippen molar-refractivity contribution in [3.8, 4) is 11.5 Å². The van der Waals surface area contributed by atoms with Crippen LogP contribution in [0.3, 0.4) is 0 Å². The Morgan fingerprint density at radius 1 is 1.08 bits per heavy atom. The number of fused-ring (bicyclic) bond motifs is 1. The molecule has 1 N–H and O–H groups in total. The van der Waals surface area contributed by atoms with Crippen molar-refractivity contribution in [2.24, 2.45) is 0 Å². The summed E-state index contributed by atoms with van der Waals surface area (Å²) in [4.78, 5) is 0. The minimum atomic E-state index is -3.59. The first-order valence-corrected chi connectivity index (χ1v) is 9.71. The largest absolute Gasteiger partial charge is 0.486 e. The number of halogens is 1. The van der Waals surface area contributed by atoms with Crippen LogP contribution < -0.4 is 14.2 Å². The first-order valence-electron chi connectivity index (χ1n) is 7.78. The normalized spacial score (nSPS) is 15.3. The van der Waals surface area contributed by atoms with Gasteiger partial charge in [-0.15, -0.1) is 0 Å². The second-order valence-corrected chi connectivity index (χ2v) is 7.68. The van der Waals surface area contributed by atoms with Gasteiger partial charge in [-0.3, -0.25) is 0 Å². The van der Waals surface area contributed by atoms with Crippen LogP contribution in [0.1, 0.15) is 24.1 Å². The Bertz CT molecular complexity index is 878. The molecular weight excluding hydrogens is 362 g/mol. The van der Waals surface area contributed by atoms with E-state index in [-0.39, 0.29) is 0 Å². The minimum Gasteiger partial charge on any atom is -0.486 e. The lowest BCUT2D eigenvalue weighted by Gasteiger charge is -2.20. The van der Waals surface area contributed by atoms with Crippen molar-refractivity contribution >= 4 is 27.7 Å². The van der Waals surface area contributed by atoms with Crippen LogP contribution >= 0.6 is 11.6 Å². The molecule has 1 heterocycles. The summed E-state index contributed by atoms with van der Waals surface area (Å²) < 4.78 is 38.2. The van der Waals surface area contributed by atoms with E-state index in [1.807, 2.05) is 6.07 Å². The van der Waals surface area contributed by atoms with Crippen LogP contribution in [-0.4, -0.2) is 21.6 Å². The molecule has 5 nitrogen and oxygen atoms in total. The molecule has 3 rings (SSSR count). The van der Waals surface area contributed by atoms with Crippen molar-refractivity contribution in [2.75, 3.05) is 13.2 Å². The molecular formula is C18H18ClNO4S. The van der Waals surface area contributed by atoms with Crippen LogP contribution in [0.25, 0.3) is 6.08 Å². The van der Waals surface area contributed by atoms with Crippen LogP contribution in [0.2, 0.25) is 5.02 Å². The van der Waals surface area contributed by atoms with E-state index in [1.54, 1.807) is 43.3 Å². The maximum absolute atomic E-state index is 12.3. The molecule has 25 heavy (non-hydrogen) atoms. The van der Waals surface area contributed by atoms with Gasteiger partial charge in [0.2, 0.25) is 10.0 Å². The lowest BCUT2D eigenvalue weighted by molar-refractivity contribution is 0.171. The molecule has 1 aliphatic heterocycles. The average Bonchev–Trinajstić information content (AvgIpc) is 2.60. The average molecular weight is 380 g/mol. The highest BCUT2D eigenvalue weighted by Gasteiger charge is 2.17. The maximum atomic E-state index is 12.3. The van der Waals surface area contributed by atoms with Gasteiger partial charge in [-0.1, -0.05) is 29.8 Å². The van der Waals surface area contributed by atoms with Gasteiger partial charge < -0.3 is 9.47 Å². The van der Waals surface area contributed by atoms with Gasteiger partial charge in [-0.25, -0.2) is 13.1 Å². The van der Waals surface area contributed by atoms with Gasteiger partial charge >= 0.3 is 0 Å². The molecule has 0 radical (unpaired) electrons. The number of hydrogen-bond acceptors (Lipinski definition) is 4. The molecule has 0 aliphatic carbocycles. The minimum absolute atomic E-state index is 0.407. The molecule has 7 heteroatoms. The summed E-state index contributed by atoms with van der Waals surface area (Å²) in [6.45, 7) is 2.78. The van der Waals surface area contributed by atoms with Gasteiger partial charge in [-0.05, 0) is 48.4 Å². The molecule has 2 aromatic carbocycles. The van der Waals surface area contributed by atoms with Gasteiger partial charge in [0, 0.05) is 16.5 Å². The summed E-state index contributed by atoms with van der Waals surface area (Å²) in [5.41, 5.74) is 1.55. The highest BCUT2D eigenvalue weighted by Crippen LogP contribution is 2.32. The van der Waals surface area contributed by atoms with Crippen LogP contribution in [0.4, 0.5) is 0 Å². The molecule has 1 atom stereocenters. The molecule has 0 spiro atoms. The number of sulfonamides is 1. The monoisotopic (exact) mass is 379 g/mol. The van der Waals surface area contributed by atoms with Crippen molar-refractivity contribution in [2.45, 2.75) is 13.0 Å². The molecule has 1 aliphatic rings. The van der Waals surface area contributed by atoms with E-state index in [0.717, 1.165) is 16.5 Å². The molecule has 0 bridgehead atoms.